The van der Waals surface area contributed by atoms with Crippen molar-refractivity contribution in [3.8, 4) is 17.0 Å². The van der Waals surface area contributed by atoms with Crippen molar-refractivity contribution in [2.45, 2.75) is 43.8 Å². The first-order chi connectivity index (χ1) is 16.7. The molecule has 1 saturated carbocycles. The Labute approximate surface area is 201 Å². The summed E-state index contributed by atoms with van der Waals surface area (Å²) in [6, 6.07) is 11.5. The van der Waals surface area contributed by atoms with E-state index in [-0.39, 0.29) is 5.75 Å². The minimum Gasteiger partial charge on any atom is -0.507 e. The summed E-state index contributed by atoms with van der Waals surface area (Å²) in [7, 11) is 0. The highest BCUT2D eigenvalue weighted by Crippen LogP contribution is 2.51. The Morgan fingerprint density at radius 3 is 2.59 bits per heavy atom. The SMILES string of the molecule is Oc1ccccc1-c1cc2c(nn1)NCC1CN(C3CC4(C3)CN(C3CCNCC3)C4)CCN21. The zero-order valence-corrected chi connectivity index (χ0v) is 19.8. The number of rotatable bonds is 3. The fourth-order valence-corrected chi connectivity index (χ4v) is 7.17. The number of hydrogen-bond acceptors (Lipinski definition) is 8. The van der Waals surface area contributed by atoms with Crippen molar-refractivity contribution in [3.05, 3.63) is 30.3 Å². The van der Waals surface area contributed by atoms with Crippen LogP contribution in [0.25, 0.3) is 11.3 Å². The van der Waals surface area contributed by atoms with E-state index in [1.165, 1.54) is 51.9 Å². The van der Waals surface area contributed by atoms with Crippen LogP contribution in [0, 0.1) is 5.41 Å². The van der Waals surface area contributed by atoms with Gasteiger partial charge in [-0.25, -0.2) is 0 Å². The van der Waals surface area contributed by atoms with Gasteiger partial charge in [0.2, 0.25) is 0 Å². The molecule has 2 aromatic rings. The molecule has 1 atom stereocenters. The number of aromatic hydroxyl groups is 1. The van der Waals surface area contributed by atoms with Crippen LogP contribution in [0.2, 0.25) is 0 Å². The molecule has 0 amide bonds. The van der Waals surface area contributed by atoms with Crippen LogP contribution in [0.1, 0.15) is 25.7 Å². The molecule has 8 nitrogen and oxygen atoms in total. The molecule has 1 aromatic carbocycles. The first-order valence-electron chi connectivity index (χ1n) is 13.0. The van der Waals surface area contributed by atoms with Gasteiger partial charge in [0, 0.05) is 56.9 Å². The summed E-state index contributed by atoms with van der Waals surface area (Å²) in [5.41, 5.74) is 3.20. The molecule has 1 unspecified atom stereocenters. The molecule has 5 aliphatic rings. The number of benzene rings is 1. The molecule has 3 saturated heterocycles. The van der Waals surface area contributed by atoms with E-state index in [0.717, 1.165) is 61.0 Å². The predicted molar refractivity (Wildman–Crippen MR) is 133 cm³/mol. The highest BCUT2D eigenvalue weighted by molar-refractivity contribution is 5.76. The molecule has 5 heterocycles. The van der Waals surface area contributed by atoms with Gasteiger partial charge in [0.1, 0.15) is 5.75 Å². The molecule has 34 heavy (non-hydrogen) atoms. The fourth-order valence-electron chi connectivity index (χ4n) is 7.17. The Morgan fingerprint density at radius 1 is 0.941 bits per heavy atom. The maximum Gasteiger partial charge on any atom is 0.172 e. The molecule has 180 valence electrons. The number of likely N-dealkylation sites (tertiary alicyclic amines) is 1. The van der Waals surface area contributed by atoms with E-state index in [1.54, 1.807) is 6.07 Å². The minimum atomic E-state index is 0.246. The van der Waals surface area contributed by atoms with Gasteiger partial charge in [-0.1, -0.05) is 12.1 Å². The standard InChI is InChI=1S/C26H35N7O/c34-24-4-2-1-3-21(24)22-11-23-25(30-29-22)28-14-20-15-31(9-10-33(20)23)19-12-26(13-19)16-32(17-26)18-5-7-27-8-6-18/h1-4,11,18-20,27,34H,5-10,12-17H2,(H,28,30). The van der Waals surface area contributed by atoms with E-state index in [1.807, 2.05) is 18.2 Å². The van der Waals surface area contributed by atoms with Crippen molar-refractivity contribution in [2.24, 2.45) is 5.41 Å². The smallest absolute Gasteiger partial charge is 0.172 e. The number of phenolic OH excluding ortho intramolecular Hbond substituents is 1. The summed E-state index contributed by atoms with van der Waals surface area (Å²) < 4.78 is 0. The molecule has 0 radical (unpaired) electrons. The number of hydrogen-bond donors (Lipinski definition) is 3. The van der Waals surface area contributed by atoms with Gasteiger partial charge in [-0.3, -0.25) is 9.80 Å². The first-order valence-corrected chi connectivity index (χ1v) is 13.0. The predicted octanol–water partition coefficient (Wildman–Crippen LogP) is 1.98. The van der Waals surface area contributed by atoms with E-state index in [0.29, 0.717) is 11.5 Å². The zero-order valence-electron chi connectivity index (χ0n) is 19.8. The molecule has 4 fully saturated rings. The van der Waals surface area contributed by atoms with Crippen LogP contribution in [0.4, 0.5) is 11.5 Å². The van der Waals surface area contributed by atoms with Crippen molar-refractivity contribution in [2.75, 3.05) is 62.6 Å². The number of para-hydroxylation sites is 1. The average Bonchev–Trinajstić information content (AvgIpc) is 2.83. The van der Waals surface area contributed by atoms with Gasteiger partial charge in [-0.05, 0) is 62.4 Å². The maximum absolute atomic E-state index is 10.3. The Balaban J connectivity index is 0.992. The summed E-state index contributed by atoms with van der Waals surface area (Å²) in [5, 5.41) is 26.1. The van der Waals surface area contributed by atoms with Gasteiger partial charge >= 0.3 is 0 Å². The lowest BCUT2D eigenvalue weighted by atomic mass is 9.59. The summed E-state index contributed by atoms with van der Waals surface area (Å²) in [4.78, 5) is 8.03. The number of phenols is 1. The van der Waals surface area contributed by atoms with Gasteiger partial charge in [0.05, 0.1) is 17.4 Å². The van der Waals surface area contributed by atoms with Crippen molar-refractivity contribution >= 4 is 11.5 Å². The number of nitrogens with zero attached hydrogens (tertiary/aromatic N) is 5. The largest absolute Gasteiger partial charge is 0.507 e. The maximum atomic E-state index is 10.3. The molecule has 0 bridgehead atoms. The molecule has 8 heteroatoms. The van der Waals surface area contributed by atoms with Gasteiger partial charge < -0.3 is 20.6 Å². The van der Waals surface area contributed by atoms with Crippen LogP contribution in [0.3, 0.4) is 0 Å². The zero-order chi connectivity index (χ0) is 22.7. The molecule has 1 aliphatic carbocycles. The Morgan fingerprint density at radius 2 is 1.76 bits per heavy atom. The van der Waals surface area contributed by atoms with Crippen LogP contribution in [0.15, 0.2) is 30.3 Å². The lowest BCUT2D eigenvalue weighted by molar-refractivity contribution is -0.129. The lowest BCUT2D eigenvalue weighted by Crippen LogP contribution is -2.70. The summed E-state index contributed by atoms with van der Waals surface area (Å²) >= 11 is 0. The van der Waals surface area contributed by atoms with Crippen molar-refractivity contribution < 1.29 is 5.11 Å². The average molecular weight is 462 g/mol. The third-order valence-corrected chi connectivity index (χ3v) is 9.04. The highest BCUT2D eigenvalue weighted by atomic mass is 16.3. The second kappa shape index (κ2) is 8.07. The Hall–Kier alpha value is -2.42. The summed E-state index contributed by atoms with van der Waals surface area (Å²) in [6.45, 7) is 9.22. The summed E-state index contributed by atoms with van der Waals surface area (Å²) in [5.74, 6) is 1.11. The molecular formula is C26H35N7O. The van der Waals surface area contributed by atoms with E-state index < -0.39 is 0 Å². The second-order valence-electron chi connectivity index (χ2n) is 11.2. The molecule has 1 spiro atoms. The highest BCUT2D eigenvalue weighted by Gasteiger charge is 2.55. The third-order valence-electron chi connectivity index (χ3n) is 9.04. The molecule has 3 N–H and O–H groups in total. The van der Waals surface area contributed by atoms with Gasteiger partial charge in [0.25, 0.3) is 0 Å². The lowest BCUT2D eigenvalue weighted by Gasteiger charge is -2.64. The monoisotopic (exact) mass is 461 g/mol. The van der Waals surface area contributed by atoms with Crippen molar-refractivity contribution in [1.82, 2.24) is 25.3 Å². The van der Waals surface area contributed by atoms with Gasteiger partial charge in [0.15, 0.2) is 5.82 Å². The Bertz CT molecular complexity index is 1060. The Kier molecular flexibility index (Phi) is 4.96. The van der Waals surface area contributed by atoms with E-state index >= 15 is 0 Å². The van der Waals surface area contributed by atoms with Crippen molar-refractivity contribution in [3.63, 3.8) is 0 Å². The number of anilines is 2. The van der Waals surface area contributed by atoms with E-state index in [2.05, 4.69) is 41.6 Å². The van der Waals surface area contributed by atoms with Crippen LogP contribution in [0.5, 0.6) is 5.75 Å². The van der Waals surface area contributed by atoms with Crippen LogP contribution in [-0.4, -0.2) is 95.6 Å². The number of piperidine rings is 1. The third kappa shape index (κ3) is 3.46. The number of piperazine rings is 1. The van der Waals surface area contributed by atoms with Crippen LogP contribution >= 0.6 is 0 Å². The molecule has 7 rings (SSSR count). The topological polar surface area (TPSA) is 79.8 Å². The number of nitrogens with one attached hydrogen (secondary N) is 2. The van der Waals surface area contributed by atoms with Gasteiger partial charge in [-0.15, -0.1) is 10.2 Å². The minimum absolute atomic E-state index is 0.246. The van der Waals surface area contributed by atoms with Crippen LogP contribution in [-0.2, 0) is 0 Å². The number of aromatic nitrogens is 2. The van der Waals surface area contributed by atoms with Crippen molar-refractivity contribution in [1.29, 1.82) is 0 Å². The fraction of sp³-hybridized carbons (Fsp3) is 0.615. The molecule has 1 aromatic heterocycles. The molecule has 4 aliphatic heterocycles. The normalized spacial score (nSPS) is 27.4. The van der Waals surface area contributed by atoms with E-state index in [9.17, 15) is 5.11 Å². The van der Waals surface area contributed by atoms with Gasteiger partial charge in [-0.2, -0.15) is 0 Å². The van der Waals surface area contributed by atoms with E-state index in [4.69, 9.17) is 0 Å². The molecular weight excluding hydrogens is 426 g/mol. The number of fused-ring (bicyclic) bond motifs is 3. The first kappa shape index (κ1) is 20.9. The second-order valence-corrected chi connectivity index (χ2v) is 11.2. The summed E-state index contributed by atoms with van der Waals surface area (Å²) in [6.07, 6.45) is 5.42. The van der Waals surface area contributed by atoms with Crippen LogP contribution < -0.4 is 15.5 Å². The quantitative estimate of drug-likeness (QED) is 0.641.